The maximum atomic E-state index is 15.3. The Morgan fingerprint density at radius 1 is 1.04 bits per heavy atom. The van der Waals surface area contributed by atoms with Gasteiger partial charge in [-0.05, 0) is 29.8 Å². The molecule has 144 valence electrons. The molecule has 27 heavy (non-hydrogen) atoms. The topological polar surface area (TPSA) is 54.5 Å². The first-order valence-electron chi connectivity index (χ1n) is 8.77. The number of hydrogen-bond acceptors (Lipinski definition) is 4. The van der Waals surface area contributed by atoms with Crippen LogP contribution in [0.15, 0.2) is 59.5 Å². The van der Waals surface area contributed by atoms with Crippen molar-refractivity contribution in [3.63, 3.8) is 0 Å². The van der Waals surface area contributed by atoms with Gasteiger partial charge in [0.2, 0.25) is 14.8 Å². The van der Waals surface area contributed by atoms with Crippen molar-refractivity contribution >= 4 is 16.1 Å². The Hall–Kier alpha value is -2.12. The molecule has 7 heteroatoms. The SMILES string of the molecule is O=CC(CN1CCC(F)(S(=O)(=O)c2ccccc2)CC1)c1ccc(F)cc1. The summed E-state index contributed by atoms with van der Waals surface area (Å²) in [6.45, 7) is 0.804. The Bertz CT molecular complexity index is 877. The number of halogens is 2. The molecule has 0 N–H and O–H groups in total. The fourth-order valence-corrected chi connectivity index (χ4v) is 5.02. The Morgan fingerprint density at radius 3 is 2.19 bits per heavy atom. The van der Waals surface area contributed by atoms with Crippen LogP contribution in [0.25, 0.3) is 0 Å². The van der Waals surface area contributed by atoms with Crippen LogP contribution >= 0.6 is 0 Å². The molecule has 2 aromatic carbocycles. The fraction of sp³-hybridized carbons (Fsp3) is 0.350. The zero-order valence-electron chi connectivity index (χ0n) is 14.7. The quantitative estimate of drug-likeness (QED) is 0.707. The summed E-state index contributed by atoms with van der Waals surface area (Å²) in [4.78, 5) is 13.3. The van der Waals surface area contributed by atoms with Crippen LogP contribution in [-0.4, -0.2) is 44.2 Å². The molecule has 3 rings (SSSR count). The fourth-order valence-electron chi connectivity index (χ4n) is 3.36. The highest BCUT2D eigenvalue weighted by Crippen LogP contribution is 2.37. The van der Waals surface area contributed by atoms with Crippen molar-refractivity contribution in [1.82, 2.24) is 4.90 Å². The van der Waals surface area contributed by atoms with E-state index in [0.29, 0.717) is 12.1 Å². The number of benzene rings is 2. The number of hydrogen-bond donors (Lipinski definition) is 0. The molecular formula is C20H21F2NO3S. The van der Waals surface area contributed by atoms with E-state index in [-0.39, 0.29) is 36.6 Å². The zero-order chi connectivity index (χ0) is 19.5. The van der Waals surface area contributed by atoms with E-state index < -0.39 is 20.8 Å². The molecule has 0 aromatic heterocycles. The lowest BCUT2D eigenvalue weighted by atomic mass is 9.98. The molecule has 1 unspecified atom stereocenters. The van der Waals surface area contributed by atoms with Crippen LogP contribution in [0.4, 0.5) is 8.78 Å². The molecule has 1 aliphatic rings. The van der Waals surface area contributed by atoms with E-state index in [1.165, 1.54) is 24.3 Å². The van der Waals surface area contributed by atoms with Gasteiger partial charge in [0, 0.05) is 32.5 Å². The molecule has 4 nitrogen and oxygen atoms in total. The van der Waals surface area contributed by atoms with Crippen LogP contribution in [-0.2, 0) is 14.6 Å². The number of piperidine rings is 1. The van der Waals surface area contributed by atoms with Crippen LogP contribution < -0.4 is 0 Å². The van der Waals surface area contributed by atoms with Gasteiger partial charge >= 0.3 is 0 Å². The van der Waals surface area contributed by atoms with Gasteiger partial charge in [-0.3, -0.25) is 0 Å². The summed E-state index contributed by atoms with van der Waals surface area (Å²) in [7, 11) is -4.08. The largest absolute Gasteiger partial charge is 0.303 e. The van der Waals surface area contributed by atoms with E-state index in [0.717, 1.165) is 6.29 Å². The highest BCUT2D eigenvalue weighted by atomic mass is 32.2. The molecule has 1 aliphatic heterocycles. The van der Waals surface area contributed by atoms with Gasteiger partial charge in [-0.25, -0.2) is 17.2 Å². The van der Waals surface area contributed by atoms with Gasteiger partial charge < -0.3 is 9.69 Å². The number of likely N-dealkylation sites (tertiary alicyclic amines) is 1. The number of aldehydes is 1. The minimum absolute atomic E-state index is 0.0157. The van der Waals surface area contributed by atoms with E-state index in [1.807, 2.05) is 4.90 Å². The van der Waals surface area contributed by atoms with Gasteiger partial charge in [-0.15, -0.1) is 0 Å². The number of alkyl halides is 1. The molecule has 2 aromatic rings. The molecule has 1 saturated heterocycles. The second kappa shape index (κ2) is 7.86. The van der Waals surface area contributed by atoms with E-state index in [4.69, 9.17) is 0 Å². The van der Waals surface area contributed by atoms with Crippen LogP contribution in [0.1, 0.15) is 24.3 Å². The molecule has 1 atom stereocenters. The summed E-state index contributed by atoms with van der Waals surface area (Å²) in [5.41, 5.74) is 0.681. The summed E-state index contributed by atoms with van der Waals surface area (Å²) in [6.07, 6.45) is 0.476. The summed E-state index contributed by atoms with van der Waals surface area (Å²) in [6, 6.07) is 13.3. The smallest absolute Gasteiger partial charge is 0.217 e. The van der Waals surface area contributed by atoms with E-state index >= 15 is 4.39 Å². The number of carbonyl (C=O) groups excluding carboxylic acids is 1. The van der Waals surface area contributed by atoms with Crippen molar-refractivity contribution in [3.8, 4) is 0 Å². The predicted molar refractivity (Wildman–Crippen MR) is 98.3 cm³/mol. The number of rotatable bonds is 6. The first-order chi connectivity index (χ1) is 12.9. The lowest BCUT2D eigenvalue weighted by molar-refractivity contribution is -0.109. The summed E-state index contributed by atoms with van der Waals surface area (Å²) >= 11 is 0. The van der Waals surface area contributed by atoms with Crippen LogP contribution in [0.3, 0.4) is 0 Å². The standard InChI is InChI=1S/C20H21F2NO3S/c21-18-8-6-16(7-9-18)17(15-24)14-23-12-10-20(22,11-13-23)27(25,26)19-4-2-1-3-5-19/h1-9,15,17H,10-14H2. The van der Waals surface area contributed by atoms with Gasteiger partial charge in [0.25, 0.3) is 0 Å². The highest BCUT2D eigenvalue weighted by Gasteiger charge is 2.47. The normalized spacial score (nSPS) is 18.7. The van der Waals surface area contributed by atoms with Crippen molar-refractivity contribution in [3.05, 3.63) is 66.0 Å². The maximum Gasteiger partial charge on any atom is 0.217 e. The van der Waals surface area contributed by atoms with Crippen molar-refractivity contribution in [2.24, 2.45) is 0 Å². The number of nitrogens with zero attached hydrogens (tertiary/aromatic N) is 1. The zero-order valence-corrected chi connectivity index (χ0v) is 15.5. The first-order valence-corrected chi connectivity index (χ1v) is 10.3. The van der Waals surface area contributed by atoms with Crippen LogP contribution in [0.5, 0.6) is 0 Å². The Labute approximate surface area is 157 Å². The number of carbonyl (C=O) groups is 1. The summed E-state index contributed by atoms with van der Waals surface area (Å²) < 4.78 is 53.6. The van der Waals surface area contributed by atoms with Crippen LogP contribution in [0, 0.1) is 5.82 Å². The molecular weight excluding hydrogens is 372 g/mol. The maximum absolute atomic E-state index is 15.3. The monoisotopic (exact) mass is 393 g/mol. The lowest BCUT2D eigenvalue weighted by Gasteiger charge is -2.36. The summed E-state index contributed by atoms with van der Waals surface area (Å²) in [5.74, 6) is -0.849. The highest BCUT2D eigenvalue weighted by molar-refractivity contribution is 7.92. The van der Waals surface area contributed by atoms with Crippen molar-refractivity contribution in [2.75, 3.05) is 19.6 Å². The minimum atomic E-state index is -4.08. The Morgan fingerprint density at radius 2 is 1.63 bits per heavy atom. The molecule has 0 saturated carbocycles. The van der Waals surface area contributed by atoms with Crippen LogP contribution in [0.2, 0.25) is 0 Å². The summed E-state index contributed by atoms with van der Waals surface area (Å²) in [5, 5.41) is -2.31. The van der Waals surface area contributed by atoms with Crippen molar-refractivity contribution in [1.29, 1.82) is 0 Å². The lowest BCUT2D eigenvalue weighted by Crippen LogP contribution is -2.47. The molecule has 0 bridgehead atoms. The Balaban J connectivity index is 1.67. The molecule has 0 spiro atoms. The minimum Gasteiger partial charge on any atom is -0.303 e. The average molecular weight is 393 g/mol. The third kappa shape index (κ3) is 4.09. The molecule has 1 fully saturated rings. The van der Waals surface area contributed by atoms with Crippen molar-refractivity contribution < 1.29 is 22.0 Å². The second-order valence-electron chi connectivity index (χ2n) is 6.79. The van der Waals surface area contributed by atoms with Gasteiger partial charge in [-0.1, -0.05) is 30.3 Å². The molecule has 0 aliphatic carbocycles. The molecule has 1 heterocycles. The Kier molecular flexibility index (Phi) is 5.72. The third-order valence-corrected chi connectivity index (χ3v) is 7.32. The molecule has 0 amide bonds. The second-order valence-corrected chi connectivity index (χ2v) is 9.00. The average Bonchev–Trinajstić information content (AvgIpc) is 2.69. The van der Waals surface area contributed by atoms with E-state index in [9.17, 15) is 17.6 Å². The van der Waals surface area contributed by atoms with Gasteiger partial charge in [0.1, 0.15) is 12.1 Å². The van der Waals surface area contributed by atoms with E-state index in [2.05, 4.69) is 0 Å². The molecule has 0 radical (unpaired) electrons. The third-order valence-electron chi connectivity index (χ3n) is 5.06. The number of sulfone groups is 1. The van der Waals surface area contributed by atoms with Gasteiger partial charge in [0.15, 0.2) is 0 Å². The van der Waals surface area contributed by atoms with E-state index in [1.54, 1.807) is 30.3 Å². The van der Waals surface area contributed by atoms with Gasteiger partial charge in [0.05, 0.1) is 10.8 Å². The predicted octanol–water partition coefficient (Wildman–Crippen LogP) is 3.34. The van der Waals surface area contributed by atoms with Gasteiger partial charge in [-0.2, -0.15) is 0 Å². The van der Waals surface area contributed by atoms with Crippen molar-refractivity contribution in [2.45, 2.75) is 28.7 Å². The first kappa shape index (κ1) is 19.6.